The van der Waals surface area contributed by atoms with Crippen molar-refractivity contribution in [2.75, 3.05) is 0 Å². The van der Waals surface area contributed by atoms with Gasteiger partial charge in [-0.15, -0.1) is 0 Å². The number of amides is 2. The average molecular weight is 1130 g/mol. The number of carbonyl (C=O) groups excluding carboxylic acids is 6. The van der Waals surface area contributed by atoms with E-state index in [0.717, 1.165) is 0 Å². The number of carbonyl (C=O) groups is 6. The molecule has 0 spiro atoms. The van der Waals surface area contributed by atoms with Crippen LogP contribution in [0.4, 0.5) is 0 Å². The Morgan fingerprint density at radius 1 is 0.610 bits per heavy atom. The Labute approximate surface area is 467 Å². The maximum Gasteiger partial charge on any atom is 0.241 e. The zero-order valence-electron chi connectivity index (χ0n) is 44.9. The van der Waals surface area contributed by atoms with E-state index >= 15 is 0 Å². The first-order valence-electron chi connectivity index (χ1n) is 26.7. The van der Waals surface area contributed by atoms with Gasteiger partial charge < -0.3 is 77.0 Å². The van der Waals surface area contributed by atoms with Crippen molar-refractivity contribution in [2.45, 2.75) is 158 Å². The molecule has 12 atom stereocenters. The molecule has 2 aliphatic heterocycles. The fraction of sp³-hybridized carbons (Fsp3) is 0.439. The van der Waals surface area contributed by atoms with Crippen LogP contribution in [0.1, 0.15) is 164 Å². The molecule has 82 heavy (non-hydrogen) atoms. The first-order valence-corrected chi connectivity index (χ1v) is 26.7. The Morgan fingerprint density at radius 2 is 0.927 bits per heavy atom. The first-order chi connectivity index (χ1) is 38.7. The van der Waals surface area contributed by atoms with E-state index < -0.39 is 197 Å². The van der Waals surface area contributed by atoms with Gasteiger partial charge in [0, 0.05) is 114 Å². The van der Waals surface area contributed by atoms with Crippen LogP contribution in [0.15, 0.2) is 58.7 Å². The summed E-state index contributed by atoms with van der Waals surface area (Å²) in [6, 6.07) is 9.02. The minimum atomic E-state index is -2.08. The molecule has 0 aromatic heterocycles. The van der Waals surface area contributed by atoms with Crippen molar-refractivity contribution in [3.05, 3.63) is 115 Å². The summed E-state index contributed by atoms with van der Waals surface area (Å²) < 4.78 is 24.4. The number of ketones is 4. The second-order valence-electron chi connectivity index (χ2n) is 22.1. The van der Waals surface area contributed by atoms with Crippen LogP contribution in [0, 0.1) is 0 Å². The van der Waals surface area contributed by atoms with E-state index in [1.54, 1.807) is 26.0 Å². The van der Waals surface area contributed by atoms with Crippen LogP contribution < -0.4 is 28.1 Å². The van der Waals surface area contributed by atoms with E-state index in [2.05, 4.69) is 21.1 Å². The molecule has 2 fully saturated rings. The van der Waals surface area contributed by atoms with E-state index in [-0.39, 0.29) is 68.8 Å². The summed E-state index contributed by atoms with van der Waals surface area (Å²) in [7, 11) is 0. The van der Waals surface area contributed by atoms with E-state index in [0.29, 0.717) is 0 Å². The number of ether oxygens (including phenoxy) is 4. The SMILES string of the molecule is C/C(=N\NC(=O)CC(N)CC(=O)N/N=C(\C)C1(O)Cc2c(O)c3c(c(O)c2C(OC2CC(N)C(O)C(C)O2)C1)C(=O)c1ccccc1C3=O)C1(O)Cc2c(O)c3c(c(O)c2C(OC2CC(N)C(O)C(C)O2)C1)C(=O)c1ccccc1C3=O. The van der Waals surface area contributed by atoms with Crippen molar-refractivity contribution in [1.82, 2.24) is 10.9 Å². The summed E-state index contributed by atoms with van der Waals surface area (Å²) in [6.45, 7) is 5.85. The predicted molar refractivity (Wildman–Crippen MR) is 286 cm³/mol. The molecule has 0 saturated carbocycles. The van der Waals surface area contributed by atoms with Gasteiger partial charge >= 0.3 is 0 Å². The summed E-state index contributed by atoms with van der Waals surface area (Å²) in [5.41, 5.74) is 16.4. The highest BCUT2D eigenvalue weighted by molar-refractivity contribution is 6.31. The molecular weight excluding hydrogens is 1070 g/mol. The van der Waals surface area contributed by atoms with Gasteiger partial charge in [0.15, 0.2) is 35.7 Å². The second-order valence-corrected chi connectivity index (χ2v) is 22.1. The van der Waals surface area contributed by atoms with Crippen LogP contribution in [0.5, 0.6) is 23.0 Å². The van der Waals surface area contributed by atoms with Gasteiger partial charge in [-0.2, -0.15) is 10.2 Å². The molecule has 2 amide bonds. The lowest BCUT2D eigenvalue weighted by Gasteiger charge is -2.42. The number of nitrogens with two attached hydrogens (primary N) is 3. The van der Waals surface area contributed by atoms with Crippen molar-refractivity contribution in [3.63, 3.8) is 0 Å². The molecule has 4 aliphatic carbocycles. The number of phenolic OH excluding ortho intramolecular Hbond substituents is 4. The van der Waals surface area contributed by atoms with Crippen molar-refractivity contribution in [1.29, 1.82) is 0 Å². The molecule has 2 saturated heterocycles. The van der Waals surface area contributed by atoms with Crippen molar-refractivity contribution in [2.24, 2.45) is 27.4 Å². The highest BCUT2D eigenvalue weighted by atomic mass is 16.7. The summed E-state index contributed by atoms with van der Waals surface area (Å²) in [4.78, 5) is 82.1. The maximum absolute atomic E-state index is 13.9. The lowest BCUT2D eigenvalue weighted by molar-refractivity contribution is -0.246. The molecule has 16 N–H and O–H groups in total. The Bertz CT molecular complexity index is 3200. The van der Waals surface area contributed by atoms with Crippen LogP contribution in [-0.4, -0.2) is 154 Å². The van der Waals surface area contributed by atoms with Gasteiger partial charge in [-0.1, -0.05) is 48.5 Å². The number of hydrazone groups is 2. The lowest BCUT2D eigenvalue weighted by Crippen LogP contribution is -2.52. The summed E-state index contributed by atoms with van der Waals surface area (Å²) in [6.07, 6.45) is -11.6. The highest BCUT2D eigenvalue weighted by Crippen LogP contribution is 2.54. The third-order valence-corrected chi connectivity index (χ3v) is 16.6. The third kappa shape index (κ3) is 10.0. The molecule has 0 bridgehead atoms. The maximum atomic E-state index is 13.9. The van der Waals surface area contributed by atoms with E-state index in [1.165, 1.54) is 50.2 Å². The number of fused-ring (bicyclic) bond motifs is 6. The van der Waals surface area contributed by atoms with Gasteiger partial charge in [0.2, 0.25) is 11.8 Å². The number of benzene rings is 4. The molecule has 10 rings (SSSR count). The number of nitrogens with one attached hydrogen (secondary N) is 2. The van der Waals surface area contributed by atoms with Gasteiger partial charge in [-0.3, -0.25) is 28.8 Å². The number of nitrogens with zero attached hydrogens (tertiary/aromatic N) is 2. The van der Waals surface area contributed by atoms with Crippen LogP contribution in [0.3, 0.4) is 0 Å². The monoisotopic (exact) mass is 1130 g/mol. The standard InChI is InChI=1S/C57H63N7O18/c1-21-46(67)32(59)15-38(79-21)81-34-19-56(77,17-30-40(34)54(75)44-42(52(30)73)48(69)26-9-5-7-11-28(26)50(44)71)23(3)61-63-36(65)13-25(58)14-37(66)64-62-24(4)57(78)18-31-41(35(20-57)82-39-16-33(60)47(68)22(2)80-39)55(76)45-43(53(31)74)49(70)27-10-6-8-12-29(27)51(45)72/h5-12,21-22,25,32-35,38-39,46-47,67-68,73-78H,13-20,58-60H2,1-4H3,(H,63,65)(H,64,66)/b61-23+,62-24+. The topological polar surface area (TPSA) is 428 Å². The molecule has 25 heteroatoms. The molecule has 434 valence electrons. The normalized spacial score (nSPS) is 30.0. The first kappa shape index (κ1) is 57.8. The van der Waals surface area contributed by atoms with Gasteiger partial charge in [0.05, 0.1) is 70.3 Å². The smallest absolute Gasteiger partial charge is 0.241 e. The fourth-order valence-electron chi connectivity index (χ4n) is 12.0. The molecule has 2 heterocycles. The highest BCUT2D eigenvalue weighted by Gasteiger charge is 2.51. The molecule has 4 aromatic carbocycles. The van der Waals surface area contributed by atoms with Crippen molar-refractivity contribution < 1.29 is 88.6 Å². The van der Waals surface area contributed by atoms with E-state index in [1.807, 2.05) is 0 Å². The average Bonchev–Trinajstić information content (AvgIpc) is 1.96. The van der Waals surface area contributed by atoms with Crippen LogP contribution in [0.25, 0.3) is 0 Å². The minimum absolute atomic E-state index is 0.00204. The molecular formula is C57H63N7O18. The molecule has 6 aliphatic rings. The van der Waals surface area contributed by atoms with Crippen LogP contribution in [0.2, 0.25) is 0 Å². The second kappa shape index (κ2) is 21.7. The van der Waals surface area contributed by atoms with Gasteiger partial charge in [0.25, 0.3) is 0 Å². The summed E-state index contributed by atoms with van der Waals surface area (Å²) in [5, 5.41) is 101. The van der Waals surface area contributed by atoms with Crippen LogP contribution in [-0.2, 0) is 41.4 Å². The van der Waals surface area contributed by atoms with E-state index in [9.17, 15) is 69.6 Å². The van der Waals surface area contributed by atoms with Gasteiger partial charge in [0.1, 0.15) is 34.2 Å². The van der Waals surface area contributed by atoms with Gasteiger partial charge in [-0.25, -0.2) is 10.9 Å². The Kier molecular flexibility index (Phi) is 15.3. The van der Waals surface area contributed by atoms with Crippen LogP contribution >= 0.6 is 0 Å². The Balaban J connectivity index is 0.842. The van der Waals surface area contributed by atoms with Crippen molar-refractivity contribution in [3.8, 4) is 23.0 Å². The number of aromatic hydroxyl groups is 4. The largest absolute Gasteiger partial charge is 0.507 e. The zero-order valence-corrected chi connectivity index (χ0v) is 44.9. The lowest BCUT2D eigenvalue weighted by atomic mass is 9.72. The Hall–Kier alpha value is -7.40. The number of aliphatic hydroxyl groups is 4. The molecule has 25 nitrogen and oxygen atoms in total. The van der Waals surface area contributed by atoms with Gasteiger partial charge in [-0.05, 0) is 27.7 Å². The third-order valence-electron chi connectivity index (χ3n) is 16.6. The fourth-order valence-corrected chi connectivity index (χ4v) is 12.0. The number of hydrogen-bond donors (Lipinski definition) is 13. The zero-order chi connectivity index (χ0) is 59.2. The minimum Gasteiger partial charge on any atom is -0.507 e. The number of aliphatic hydroxyl groups excluding tert-OH is 2. The van der Waals surface area contributed by atoms with Crippen molar-refractivity contribution >= 4 is 46.4 Å². The molecule has 0 radical (unpaired) electrons. The number of hydrogen-bond acceptors (Lipinski definition) is 23. The molecule has 4 aromatic rings. The predicted octanol–water partition coefficient (Wildman–Crippen LogP) is 0.968. The molecule has 12 unspecified atom stereocenters. The number of phenols is 4. The summed E-state index contributed by atoms with van der Waals surface area (Å²) in [5.74, 6) is -7.32. The quantitative estimate of drug-likeness (QED) is 0.0461. The number of rotatable bonds is 12. The Morgan fingerprint density at radius 3 is 1.24 bits per heavy atom. The summed E-state index contributed by atoms with van der Waals surface area (Å²) >= 11 is 0. The van der Waals surface area contributed by atoms with E-state index in [4.69, 9.17) is 36.1 Å².